The zero-order valence-electron chi connectivity index (χ0n) is 11.0. The molecule has 0 aliphatic heterocycles. The highest BCUT2D eigenvalue weighted by Crippen LogP contribution is 2.20. The van der Waals surface area contributed by atoms with Crippen LogP contribution in [0.1, 0.15) is 12.3 Å². The molecule has 6 nitrogen and oxygen atoms in total. The molecule has 0 saturated heterocycles. The minimum absolute atomic E-state index is 0.100. The molecule has 0 spiro atoms. The summed E-state index contributed by atoms with van der Waals surface area (Å²) in [6.07, 6.45) is 3.95. The number of aryl methyl sites for hydroxylation is 1. The standard InChI is InChI=1S/C14H12N4O2S/c19-12(16-11-3-6-15-7-4-11)1-2-13-17-18-14(20-13)10-5-8-21-9-10/h3-9H,1-2H2,(H,15,16,19). The number of nitrogens with one attached hydrogen (secondary N) is 1. The lowest BCUT2D eigenvalue weighted by molar-refractivity contribution is -0.116. The maximum absolute atomic E-state index is 11.8. The summed E-state index contributed by atoms with van der Waals surface area (Å²) >= 11 is 1.57. The van der Waals surface area contributed by atoms with Crippen LogP contribution in [-0.4, -0.2) is 21.1 Å². The van der Waals surface area contributed by atoms with Crippen LogP contribution in [0.4, 0.5) is 5.69 Å². The van der Waals surface area contributed by atoms with Gasteiger partial charge in [0.05, 0.1) is 0 Å². The van der Waals surface area contributed by atoms with Crippen molar-refractivity contribution in [3.63, 3.8) is 0 Å². The van der Waals surface area contributed by atoms with Crippen LogP contribution in [0.5, 0.6) is 0 Å². The van der Waals surface area contributed by atoms with Gasteiger partial charge in [-0.3, -0.25) is 9.78 Å². The third kappa shape index (κ3) is 3.51. The van der Waals surface area contributed by atoms with Gasteiger partial charge >= 0.3 is 0 Å². The number of hydrogen-bond donors (Lipinski definition) is 1. The zero-order chi connectivity index (χ0) is 14.5. The first-order chi connectivity index (χ1) is 10.3. The molecule has 0 aliphatic rings. The molecular formula is C14H12N4O2S. The molecule has 0 radical (unpaired) electrons. The number of thiophene rings is 1. The van der Waals surface area contributed by atoms with Gasteiger partial charge in [-0.1, -0.05) is 0 Å². The van der Waals surface area contributed by atoms with E-state index in [1.54, 1.807) is 35.9 Å². The molecule has 3 aromatic rings. The van der Waals surface area contributed by atoms with Gasteiger partial charge in [0.15, 0.2) is 0 Å². The summed E-state index contributed by atoms with van der Waals surface area (Å²) in [6, 6.07) is 5.39. The predicted octanol–water partition coefficient (Wildman–Crippen LogP) is 2.76. The number of hydrogen-bond acceptors (Lipinski definition) is 6. The number of carbonyl (C=O) groups excluding carboxylic acids is 1. The largest absolute Gasteiger partial charge is 0.421 e. The van der Waals surface area contributed by atoms with E-state index in [0.29, 0.717) is 18.2 Å². The smallest absolute Gasteiger partial charge is 0.248 e. The van der Waals surface area contributed by atoms with Crippen LogP contribution < -0.4 is 5.32 Å². The monoisotopic (exact) mass is 300 g/mol. The highest BCUT2D eigenvalue weighted by Gasteiger charge is 2.10. The van der Waals surface area contributed by atoms with E-state index in [4.69, 9.17) is 4.42 Å². The molecule has 21 heavy (non-hydrogen) atoms. The Morgan fingerprint density at radius 1 is 1.24 bits per heavy atom. The number of anilines is 1. The van der Waals surface area contributed by atoms with E-state index in [0.717, 1.165) is 11.3 Å². The molecule has 1 N–H and O–H groups in total. The molecule has 3 aromatic heterocycles. The van der Waals surface area contributed by atoms with Crippen LogP contribution in [0.3, 0.4) is 0 Å². The molecule has 0 aromatic carbocycles. The van der Waals surface area contributed by atoms with Gasteiger partial charge in [0, 0.05) is 41.9 Å². The number of rotatable bonds is 5. The predicted molar refractivity (Wildman–Crippen MR) is 78.8 cm³/mol. The maximum Gasteiger partial charge on any atom is 0.248 e. The lowest BCUT2D eigenvalue weighted by Gasteiger charge is -2.02. The van der Waals surface area contributed by atoms with E-state index in [-0.39, 0.29) is 12.3 Å². The first kappa shape index (κ1) is 13.4. The lowest BCUT2D eigenvalue weighted by Crippen LogP contribution is -2.12. The minimum atomic E-state index is -0.100. The number of carbonyl (C=O) groups is 1. The summed E-state index contributed by atoms with van der Waals surface area (Å²) in [6.45, 7) is 0. The van der Waals surface area contributed by atoms with Crippen LogP contribution >= 0.6 is 11.3 Å². The summed E-state index contributed by atoms with van der Waals surface area (Å²) in [5.41, 5.74) is 1.62. The van der Waals surface area contributed by atoms with E-state index in [2.05, 4.69) is 20.5 Å². The van der Waals surface area contributed by atoms with Crippen molar-refractivity contribution in [1.29, 1.82) is 0 Å². The minimum Gasteiger partial charge on any atom is -0.421 e. The Balaban J connectivity index is 1.54. The van der Waals surface area contributed by atoms with Gasteiger partial charge in [0.2, 0.25) is 17.7 Å². The quantitative estimate of drug-likeness (QED) is 0.783. The van der Waals surface area contributed by atoms with Crippen molar-refractivity contribution in [2.75, 3.05) is 5.32 Å². The van der Waals surface area contributed by atoms with Crippen LogP contribution in [0.2, 0.25) is 0 Å². The first-order valence-corrected chi connectivity index (χ1v) is 7.30. The highest BCUT2D eigenvalue weighted by molar-refractivity contribution is 7.08. The summed E-state index contributed by atoms with van der Waals surface area (Å²) in [4.78, 5) is 15.7. The topological polar surface area (TPSA) is 80.9 Å². The molecule has 0 fully saturated rings. The SMILES string of the molecule is O=C(CCc1nnc(-c2ccsc2)o1)Nc1ccncc1. The average molecular weight is 300 g/mol. The van der Waals surface area contributed by atoms with Gasteiger partial charge in [0.25, 0.3) is 0 Å². The Bertz CT molecular complexity index is 710. The Hall–Kier alpha value is -2.54. The third-order valence-corrected chi connectivity index (χ3v) is 3.45. The Morgan fingerprint density at radius 2 is 2.10 bits per heavy atom. The lowest BCUT2D eigenvalue weighted by atomic mass is 10.3. The second kappa shape index (κ2) is 6.27. The number of pyridine rings is 1. The fraction of sp³-hybridized carbons (Fsp3) is 0.143. The Kier molecular flexibility index (Phi) is 4.02. The first-order valence-electron chi connectivity index (χ1n) is 6.36. The summed E-state index contributed by atoms with van der Waals surface area (Å²) in [5.74, 6) is 0.846. The summed E-state index contributed by atoms with van der Waals surface area (Å²) < 4.78 is 5.52. The van der Waals surface area contributed by atoms with Crippen molar-refractivity contribution in [3.05, 3.63) is 47.2 Å². The molecule has 0 saturated carbocycles. The summed E-state index contributed by atoms with van der Waals surface area (Å²) in [7, 11) is 0. The maximum atomic E-state index is 11.8. The van der Waals surface area contributed by atoms with Gasteiger partial charge in [-0.15, -0.1) is 10.2 Å². The van der Waals surface area contributed by atoms with Crippen molar-refractivity contribution in [2.24, 2.45) is 0 Å². The van der Waals surface area contributed by atoms with E-state index < -0.39 is 0 Å². The fourth-order valence-corrected chi connectivity index (χ4v) is 2.37. The zero-order valence-corrected chi connectivity index (χ0v) is 11.8. The molecular weight excluding hydrogens is 288 g/mol. The number of nitrogens with zero attached hydrogens (tertiary/aromatic N) is 3. The van der Waals surface area contributed by atoms with Gasteiger partial charge in [-0.05, 0) is 23.6 Å². The van der Waals surface area contributed by atoms with Crippen molar-refractivity contribution in [3.8, 4) is 11.5 Å². The van der Waals surface area contributed by atoms with Crippen LogP contribution in [0.15, 0.2) is 45.8 Å². The van der Waals surface area contributed by atoms with E-state index in [1.807, 2.05) is 16.8 Å². The van der Waals surface area contributed by atoms with E-state index in [1.165, 1.54) is 0 Å². The van der Waals surface area contributed by atoms with Crippen molar-refractivity contribution < 1.29 is 9.21 Å². The molecule has 0 unspecified atom stereocenters. The van der Waals surface area contributed by atoms with E-state index >= 15 is 0 Å². The molecule has 106 valence electrons. The van der Waals surface area contributed by atoms with Gasteiger partial charge in [0.1, 0.15) is 0 Å². The van der Waals surface area contributed by atoms with Gasteiger partial charge < -0.3 is 9.73 Å². The average Bonchev–Trinajstić information content (AvgIpc) is 3.17. The van der Waals surface area contributed by atoms with Crippen molar-refractivity contribution in [1.82, 2.24) is 15.2 Å². The summed E-state index contributed by atoms with van der Waals surface area (Å²) in [5, 5.41) is 14.6. The Morgan fingerprint density at radius 3 is 2.86 bits per heavy atom. The molecule has 1 amide bonds. The van der Waals surface area contributed by atoms with Crippen LogP contribution in [-0.2, 0) is 11.2 Å². The second-order valence-electron chi connectivity index (χ2n) is 4.30. The van der Waals surface area contributed by atoms with Crippen LogP contribution in [0, 0.1) is 0 Å². The molecule has 7 heteroatoms. The van der Waals surface area contributed by atoms with Crippen molar-refractivity contribution in [2.45, 2.75) is 12.8 Å². The third-order valence-electron chi connectivity index (χ3n) is 2.76. The highest BCUT2D eigenvalue weighted by atomic mass is 32.1. The van der Waals surface area contributed by atoms with Crippen LogP contribution in [0.25, 0.3) is 11.5 Å². The fourth-order valence-electron chi connectivity index (χ4n) is 1.74. The second-order valence-corrected chi connectivity index (χ2v) is 5.08. The van der Waals surface area contributed by atoms with E-state index in [9.17, 15) is 4.79 Å². The number of amides is 1. The number of aromatic nitrogens is 3. The van der Waals surface area contributed by atoms with Gasteiger partial charge in [-0.25, -0.2) is 0 Å². The molecule has 3 rings (SSSR count). The molecule has 0 bridgehead atoms. The van der Waals surface area contributed by atoms with Crippen molar-refractivity contribution >= 4 is 22.9 Å². The van der Waals surface area contributed by atoms with Gasteiger partial charge in [-0.2, -0.15) is 11.3 Å². The normalized spacial score (nSPS) is 10.5. The molecule has 0 aliphatic carbocycles. The Labute approximate surface area is 124 Å². The molecule has 3 heterocycles. The molecule has 0 atom stereocenters.